The third kappa shape index (κ3) is 3.73. The average Bonchev–Trinajstić information content (AvgIpc) is 2.79. The standard InChI is InChI=1S/C17H24N4O3/c1-11(2)15-6-5-14(9-16(15)21(23)24)10-18-17-12(3)13(4)19-20(17)7-8-22/h5-6,9,11,18,22H,7-8,10H2,1-4H3. The summed E-state index contributed by atoms with van der Waals surface area (Å²) >= 11 is 0. The molecule has 1 aromatic carbocycles. The van der Waals surface area contributed by atoms with Gasteiger partial charge in [0.15, 0.2) is 0 Å². The van der Waals surface area contributed by atoms with Crippen LogP contribution < -0.4 is 5.32 Å². The first-order valence-electron chi connectivity index (χ1n) is 8.01. The van der Waals surface area contributed by atoms with Crippen molar-refractivity contribution in [3.63, 3.8) is 0 Å². The normalized spacial score (nSPS) is 11.1. The van der Waals surface area contributed by atoms with Gasteiger partial charge in [0.05, 0.1) is 23.8 Å². The molecule has 0 bridgehead atoms. The van der Waals surface area contributed by atoms with Crippen LogP contribution in [0.25, 0.3) is 0 Å². The van der Waals surface area contributed by atoms with E-state index in [0.29, 0.717) is 13.1 Å². The molecule has 0 aliphatic heterocycles. The molecular weight excluding hydrogens is 308 g/mol. The van der Waals surface area contributed by atoms with Crippen LogP contribution in [0.1, 0.15) is 42.1 Å². The number of nitrogens with one attached hydrogen (secondary N) is 1. The Labute approximate surface area is 141 Å². The number of aryl methyl sites for hydroxylation is 1. The van der Waals surface area contributed by atoms with Crippen molar-refractivity contribution in [2.45, 2.75) is 46.7 Å². The number of nitro groups is 1. The molecule has 130 valence electrons. The lowest BCUT2D eigenvalue weighted by molar-refractivity contribution is -0.385. The third-order valence-corrected chi connectivity index (χ3v) is 4.11. The molecule has 2 N–H and O–H groups in total. The van der Waals surface area contributed by atoms with Crippen LogP contribution in [-0.4, -0.2) is 26.4 Å². The smallest absolute Gasteiger partial charge is 0.273 e. The highest BCUT2D eigenvalue weighted by molar-refractivity contribution is 5.49. The number of nitro benzene ring substituents is 1. The van der Waals surface area contributed by atoms with Crippen molar-refractivity contribution >= 4 is 11.5 Å². The summed E-state index contributed by atoms with van der Waals surface area (Å²) < 4.78 is 1.72. The van der Waals surface area contributed by atoms with E-state index in [1.807, 2.05) is 39.8 Å². The molecule has 0 saturated carbocycles. The SMILES string of the molecule is Cc1nn(CCO)c(NCc2ccc(C(C)C)c([N+](=O)[O-])c2)c1C. The summed E-state index contributed by atoms with van der Waals surface area (Å²) in [6, 6.07) is 5.35. The lowest BCUT2D eigenvalue weighted by Gasteiger charge is -2.12. The predicted octanol–water partition coefficient (Wildman–Crippen LogP) is 3.14. The van der Waals surface area contributed by atoms with E-state index in [-0.39, 0.29) is 23.1 Å². The molecule has 0 amide bonds. The third-order valence-electron chi connectivity index (χ3n) is 4.11. The second kappa shape index (κ2) is 7.44. The fourth-order valence-corrected chi connectivity index (χ4v) is 2.68. The largest absolute Gasteiger partial charge is 0.394 e. The summed E-state index contributed by atoms with van der Waals surface area (Å²) in [6.45, 7) is 8.63. The van der Waals surface area contributed by atoms with E-state index < -0.39 is 0 Å². The fourth-order valence-electron chi connectivity index (χ4n) is 2.68. The Balaban J connectivity index is 2.24. The van der Waals surface area contributed by atoms with Crippen LogP contribution in [0.5, 0.6) is 0 Å². The summed E-state index contributed by atoms with van der Waals surface area (Å²) in [5.41, 5.74) is 3.63. The Hall–Kier alpha value is -2.41. The van der Waals surface area contributed by atoms with Gasteiger partial charge in [-0.2, -0.15) is 5.10 Å². The summed E-state index contributed by atoms with van der Waals surface area (Å²) in [6.07, 6.45) is 0. The van der Waals surface area contributed by atoms with E-state index in [9.17, 15) is 10.1 Å². The van der Waals surface area contributed by atoms with Crippen molar-refractivity contribution in [2.75, 3.05) is 11.9 Å². The van der Waals surface area contributed by atoms with Crippen LogP contribution >= 0.6 is 0 Å². The van der Waals surface area contributed by atoms with Gasteiger partial charge >= 0.3 is 0 Å². The predicted molar refractivity (Wildman–Crippen MR) is 93.3 cm³/mol. The van der Waals surface area contributed by atoms with Gasteiger partial charge < -0.3 is 10.4 Å². The zero-order valence-corrected chi connectivity index (χ0v) is 14.5. The van der Waals surface area contributed by atoms with E-state index in [1.165, 1.54) is 0 Å². The van der Waals surface area contributed by atoms with Gasteiger partial charge in [0.25, 0.3) is 5.69 Å². The summed E-state index contributed by atoms with van der Waals surface area (Å²) in [5.74, 6) is 0.931. The van der Waals surface area contributed by atoms with Crippen molar-refractivity contribution < 1.29 is 10.0 Å². The van der Waals surface area contributed by atoms with E-state index in [2.05, 4.69) is 10.4 Å². The molecule has 7 heteroatoms. The molecule has 1 aromatic heterocycles. The maximum absolute atomic E-state index is 11.3. The molecule has 7 nitrogen and oxygen atoms in total. The monoisotopic (exact) mass is 332 g/mol. The molecule has 0 aliphatic rings. The minimum absolute atomic E-state index is 0.00377. The molecule has 0 fully saturated rings. The average molecular weight is 332 g/mol. The molecule has 0 aliphatic carbocycles. The van der Waals surface area contributed by atoms with E-state index in [0.717, 1.165) is 28.2 Å². The first kappa shape index (κ1) is 17.9. The Morgan fingerprint density at radius 2 is 2.08 bits per heavy atom. The molecule has 0 unspecified atom stereocenters. The molecular formula is C17H24N4O3. The van der Waals surface area contributed by atoms with Gasteiger partial charge in [-0.25, -0.2) is 4.68 Å². The molecule has 2 rings (SSSR count). The topological polar surface area (TPSA) is 93.2 Å². The number of hydrogen-bond acceptors (Lipinski definition) is 5. The molecule has 2 aromatic rings. The summed E-state index contributed by atoms with van der Waals surface area (Å²) in [4.78, 5) is 11.0. The van der Waals surface area contributed by atoms with Crippen LogP contribution in [0.15, 0.2) is 18.2 Å². The zero-order valence-electron chi connectivity index (χ0n) is 14.5. The highest BCUT2D eigenvalue weighted by Gasteiger charge is 2.17. The molecule has 0 atom stereocenters. The van der Waals surface area contributed by atoms with Gasteiger partial charge in [-0.15, -0.1) is 0 Å². The number of aliphatic hydroxyl groups is 1. The Kier molecular flexibility index (Phi) is 5.56. The lowest BCUT2D eigenvalue weighted by atomic mass is 9.99. The second-order valence-electron chi connectivity index (χ2n) is 6.16. The number of nitrogens with zero attached hydrogens (tertiary/aromatic N) is 3. The van der Waals surface area contributed by atoms with Crippen molar-refractivity contribution in [3.8, 4) is 0 Å². The minimum atomic E-state index is -0.329. The van der Waals surface area contributed by atoms with E-state index in [4.69, 9.17) is 5.11 Å². The molecule has 0 spiro atoms. The maximum Gasteiger partial charge on any atom is 0.273 e. The van der Waals surface area contributed by atoms with Gasteiger partial charge in [-0.05, 0) is 25.3 Å². The Bertz CT molecular complexity index is 738. The van der Waals surface area contributed by atoms with E-state index >= 15 is 0 Å². The Morgan fingerprint density at radius 3 is 2.67 bits per heavy atom. The van der Waals surface area contributed by atoms with Crippen LogP contribution in [0.3, 0.4) is 0 Å². The van der Waals surface area contributed by atoms with Crippen molar-refractivity contribution in [2.24, 2.45) is 0 Å². The number of hydrogen-bond donors (Lipinski definition) is 2. The van der Waals surface area contributed by atoms with Gasteiger partial charge in [-0.1, -0.05) is 26.0 Å². The van der Waals surface area contributed by atoms with Gasteiger partial charge in [0, 0.05) is 23.7 Å². The van der Waals surface area contributed by atoms with Crippen molar-refractivity contribution in [3.05, 3.63) is 50.7 Å². The second-order valence-corrected chi connectivity index (χ2v) is 6.16. The number of benzene rings is 1. The lowest BCUT2D eigenvalue weighted by Crippen LogP contribution is -2.11. The first-order chi connectivity index (χ1) is 11.3. The zero-order chi connectivity index (χ0) is 17.9. The minimum Gasteiger partial charge on any atom is -0.394 e. The first-order valence-corrected chi connectivity index (χ1v) is 8.01. The quantitative estimate of drug-likeness (QED) is 0.600. The molecule has 0 saturated heterocycles. The maximum atomic E-state index is 11.3. The number of aromatic nitrogens is 2. The number of anilines is 1. The number of aliphatic hydroxyl groups excluding tert-OH is 1. The van der Waals surface area contributed by atoms with E-state index in [1.54, 1.807) is 10.7 Å². The van der Waals surface area contributed by atoms with Crippen molar-refractivity contribution in [1.82, 2.24) is 9.78 Å². The van der Waals surface area contributed by atoms with Gasteiger partial charge in [0.1, 0.15) is 5.82 Å². The summed E-state index contributed by atoms with van der Waals surface area (Å²) in [7, 11) is 0. The van der Waals surface area contributed by atoms with Crippen LogP contribution in [0.2, 0.25) is 0 Å². The van der Waals surface area contributed by atoms with Crippen LogP contribution in [-0.2, 0) is 13.1 Å². The highest BCUT2D eigenvalue weighted by atomic mass is 16.6. The molecule has 1 heterocycles. The molecule has 0 radical (unpaired) electrons. The summed E-state index contributed by atoms with van der Waals surface area (Å²) in [5, 5.41) is 28.1. The van der Waals surface area contributed by atoms with Crippen molar-refractivity contribution in [1.29, 1.82) is 0 Å². The van der Waals surface area contributed by atoms with Gasteiger partial charge in [0.2, 0.25) is 0 Å². The van der Waals surface area contributed by atoms with Crippen LogP contribution in [0, 0.1) is 24.0 Å². The van der Waals surface area contributed by atoms with Gasteiger partial charge in [-0.3, -0.25) is 10.1 Å². The Morgan fingerprint density at radius 1 is 1.38 bits per heavy atom. The fraction of sp³-hybridized carbons (Fsp3) is 0.471. The molecule has 24 heavy (non-hydrogen) atoms. The highest BCUT2D eigenvalue weighted by Crippen LogP contribution is 2.28. The number of rotatable bonds is 7. The van der Waals surface area contributed by atoms with Crippen LogP contribution in [0.4, 0.5) is 11.5 Å².